The van der Waals surface area contributed by atoms with Crippen LogP contribution >= 0.6 is 23.1 Å². The predicted molar refractivity (Wildman–Crippen MR) is 102 cm³/mol. The van der Waals surface area contributed by atoms with Gasteiger partial charge in [0.15, 0.2) is 0 Å². The van der Waals surface area contributed by atoms with Gasteiger partial charge in [-0.1, -0.05) is 30.3 Å². The number of aryl methyl sites for hydroxylation is 1. The number of rotatable bonds is 4. The third-order valence-electron chi connectivity index (χ3n) is 3.84. The van der Waals surface area contributed by atoms with Crippen LogP contribution in [-0.4, -0.2) is 39.4 Å². The molecule has 3 aromatic rings. The highest BCUT2D eigenvalue weighted by molar-refractivity contribution is 8.03. The van der Waals surface area contributed by atoms with E-state index in [-0.39, 0.29) is 9.92 Å². The van der Waals surface area contributed by atoms with Gasteiger partial charge in [-0.25, -0.2) is 4.68 Å². The fourth-order valence-electron chi connectivity index (χ4n) is 2.57. The molecule has 11 heteroatoms. The Morgan fingerprint density at radius 2 is 2.07 bits per heavy atom. The molecule has 0 saturated carbocycles. The summed E-state index contributed by atoms with van der Waals surface area (Å²) in [7, 11) is -2.16. The Morgan fingerprint density at radius 3 is 2.78 bits per heavy atom. The summed E-state index contributed by atoms with van der Waals surface area (Å²) < 4.78 is 30.9. The fourth-order valence-corrected chi connectivity index (χ4v) is 5.40. The van der Waals surface area contributed by atoms with Crippen LogP contribution in [-0.2, 0) is 17.1 Å². The third-order valence-corrected chi connectivity index (χ3v) is 7.61. The second-order valence-electron chi connectivity index (χ2n) is 5.61. The number of thiophene rings is 1. The Labute approximate surface area is 163 Å². The Bertz CT molecular complexity index is 1150. The van der Waals surface area contributed by atoms with Gasteiger partial charge < -0.3 is 5.11 Å². The third kappa shape index (κ3) is 3.46. The molecule has 8 nitrogen and oxygen atoms in total. The molecule has 2 heterocycles. The molecule has 1 unspecified atom stereocenters. The molecule has 1 aromatic carbocycles. The first-order valence-electron chi connectivity index (χ1n) is 7.73. The van der Waals surface area contributed by atoms with Gasteiger partial charge in [0, 0.05) is 17.5 Å². The van der Waals surface area contributed by atoms with Crippen LogP contribution in [0.2, 0.25) is 0 Å². The topological polar surface area (TPSA) is 110 Å². The molecule has 27 heavy (non-hydrogen) atoms. The smallest absolute Gasteiger partial charge is 0.292 e. The molecule has 1 aliphatic carbocycles. The molecule has 0 bridgehead atoms. The molecular weight excluding hydrogens is 406 g/mol. The Morgan fingerprint density at radius 1 is 1.26 bits per heavy atom. The maximum absolute atomic E-state index is 12.6. The van der Waals surface area contributed by atoms with E-state index in [0.29, 0.717) is 21.2 Å². The minimum atomic E-state index is -3.84. The van der Waals surface area contributed by atoms with E-state index in [1.165, 1.54) is 10.7 Å². The number of hydrogen-bond donors (Lipinski definition) is 1. The molecular formula is C16H13N5O3S3. The average molecular weight is 420 g/mol. The van der Waals surface area contributed by atoms with Gasteiger partial charge in [-0.2, -0.15) is 12.8 Å². The van der Waals surface area contributed by atoms with E-state index in [1.54, 1.807) is 48.8 Å². The van der Waals surface area contributed by atoms with Gasteiger partial charge in [-0.3, -0.25) is 0 Å². The number of nitrogens with zero attached hydrogens (tertiary/aromatic N) is 5. The molecule has 0 aliphatic heterocycles. The van der Waals surface area contributed by atoms with Crippen molar-refractivity contribution in [3.63, 3.8) is 0 Å². The summed E-state index contributed by atoms with van der Waals surface area (Å²) in [4.78, 5) is 0.492. The highest BCUT2D eigenvalue weighted by Crippen LogP contribution is 2.39. The van der Waals surface area contributed by atoms with Crippen LogP contribution in [0.25, 0.3) is 0 Å². The molecule has 138 valence electrons. The van der Waals surface area contributed by atoms with Crippen molar-refractivity contribution >= 4 is 38.8 Å². The molecule has 1 atom stereocenters. The van der Waals surface area contributed by atoms with Crippen LogP contribution < -0.4 is 0 Å². The van der Waals surface area contributed by atoms with Crippen molar-refractivity contribution in [2.45, 2.75) is 15.5 Å². The van der Waals surface area contributed by atoms with Crippen LogP contribution in [0.3, 0.4) is 0 Å². The number of fused-ring (bicyclic) bond motifs is 1. The number of aliphatic hydroxyl groups is 1. The van der Waals surface area contributed by atoms with Gasteiger partial charge in [0.05, 0.1) is 5.71 Å². The molecule has 4 rings (SSSR count). The van der Waals surface area contributed by atoms with Gasteiger partial charge >= 0.3 is 0 Å². The Balaban J connectivity index is 1.83. The number of tetrazole rings is 1. The molecule has 0 radical (unpaired) electrons. The van der Waals surface area contributed by atoms with Crippen LogP contribution in [0.4, 0.5) is 0 Å². The number of benzene rings is 1. The van der Waals surface area contributed by atoms with Crippen LogP contribution in [0.5, 0.6) is 0 Å². The van der Waals surface area contributed by atoms with Crippen molar-refractivity contribution in [3.8, 4) is 0 Å². The highest BCUT2D eigenvalue weighted by atomic mass is 32.2. The number of sulfonamides is 1. The summed E-state index contributed by atoms with van der Waals surface area (Å²) in [6.45, 7) is 0. The summed E-state index contributed by atoms with van der Waals surface area (Å²) in [6.07, 6.45) is 0.642. The summed E-state index contributed by atoms with van der Waals surface area (Å²) in [5.41, 5.74) is 1.42. The summed E-state index contributed by atoms with van der Waals surface area (Å²) in [5.74, 6) is 0. The quantitative estimate of drug-likeness (QED) is 0.690. The lowest BCUT2D eigenvalue weighted by Gasteiger charge is -2.23. The maximum Gasteiger partial charge on any atom is 0.292 e. The average Bonchev–Trinajstić information content (AvgIpc) is 3.32. The molecule has 2 aromatic heterocycles. The Kier molecular flexibility index (Phi) is 4.68. The zero-order valence-electron chi connectivity index (χ0n) is 13.9. The van der Waals surface area contributed by atoms with Crippen LogP contribution in [0.1, 0.15) is 17.2 Å². The van der Waals surface area contributed by atoms with Gasteiger partial charge in [-0.15, -0.1) is 16.4 Å². The van der Waals surface area contributed by atoms with Crippen LogP contribution in [0.15, 0.2) is 66.5 Å². The van der Waals surface area contributed by atoms with E-state index in [0.717, 1.165) is 23.1 Å². The predicted octanol–water partition coefficient (Wildman–Crippen LogP) is 2.17. The summed E-state index contributed by atoms with van der Waals surface area (Å²) >= 11 is 2.27. The minimum Gasteiger partial charge on any atom is -0.383 e. The number of aromatic nitrogens is 4. The van der Waals surface area contributed by atoms with Crippen molar-refractivity contribution in [2.24, 2.45) is 11.4 Å². The number of allylic oxidation sites excluding steroid dienone is 1. The van der Waals surface area contributed by atoms with Gasteiger partial charge in [0.1, 0.15) is 10.3 Å². The second kappa shape index (κ2) is 7.00. The molecule has 0 fully saturated rings. The lowest BCUT2D eigenvalue weighted by Crippen LogP contribution is -2.16. The molecule has 1 N–H and O–H groups in total. The summed E-state index contributed by atoms with van der Waals surface area (Å²) in [6, 6.07) is 10.2. The standard InChI is InChI=1S/C16H13N5O3S3/c1-21-16(17-19-20-21)26-13-9-12(10-5-2-3-6-11(10)15(13)22)18-27(23,24)14-7-4-8-25-14/h2-9,15,22H,1H3. The highest BCUT2D eigenvalue weighted by Gasteiger charge is 2.28. The fraction of sp³-hybridized carbons (Fsp3) is 0.125. The van der Waals surface area contributed by atoms with Crippen molar-refractivity contribution in [3.05, 3.63) is 63.9 Å². The number of aliphatic hydroxyl groups excluding tert-OH is 1. The van der Waals surface area contributed by atoms with Crippen molar-refractivity contribution in [1.29, 1.82) is 0 Å². The summed E-state index contributed by atoms with van der Waals surface area (Å²) in [5, 5.41) is 24.1. The first-order valence-corrected chi connectivity index (χ1v) is 10.9. The monoisotopic (exact) mass is 419 g/mol. The SMILES string of the molecule is Cn1nnnc1SC1=CC(=NS(=O)(=O)c2cccs2)c2ccccc2C1O. The molecule has 0 spiro atoms. The number of hydrogen-bond acceptors (Lipinski definition) is 8. The maximum atomic E-state index is 12.6. The first kappa shape index (κ1) is 18.0. The largest absolute Gasteiger partial charge is 0.383 e. The van der Waals surface area contributed by atoms with E-state index in [1.807, 2.05) is 0 Å². The first-order chi connectivity index (χ1) is 13.0. The normalized spacial score (nSPS) is 18.4. The molecule has 0 amide bonds. The zero-order chi connectivity index (χ0) is 19.0. The lowest BCUT2D eigenvalue weighted by molar-refractivity contribution is 0.224. The zero-order valence-corrected chi connectivity index (χ0v) is 16.4. The van der Waals surface area contributed by atoms with E-state index >= 15 is 0 Å². The minimum absolute atomic E-state index is 0.165. The van der Waals surface area contributed by atoms with E-state index in [9.17, 15) is 13.5 Å². The lowest BCUT2D eigenvalue weighted by atomic mass is 9.93. The second-order valence-corrected chi connectivity index (χ2v) is 9.43. The van der Waals surface area contributed by atoms with Crippen LogP contribution in [0, 0.1) is 0 Å². The van der Waals surface area contributed by atoms with E-state index in [2.05, 4.69) is 19.9 Å². The molecule has 0 saturated heterocycles. The number of thioether (sulfide) groups is 1. The molecule has 1 aliphatic rings. The van der Waals surface area contributed by atoms with Crippen molar-refractivity contribution < 1.29 is 13.5 Å². The van der Waals surface area contributed by atoms with E-state index in [4.69, 9.17) is 0 Å². The van der Waals surface area contributed by atoms with Gasteiger partial charge in [-0.05, 0) is 45.3 Å². The van der Waals surface area contributed by atoms with Crippen molar-refractivity contribution in [2.75, 3.05) is 0 Å². The van der Waals surface area contributed by atoms with E-state index < -0.39 is 16.1 Å². The Hall–Kier alpha value is -2.34. The van der Waals surface area contributed by atoms with Crippen molar-refractivity contribution in [1.82, 2.24) is 20.2 Å². The van der Waals surface area contributed by atoms with Gasteiger partial charge in [0.25, 0.3) is 10.0 Å². The van der Waals surface area contributed by atoms with Gasteiger partial charge in [0.2, 0.25) is 5.16 Å².